The van der Waals surface area contributed by atoms with Crippen molar-refractivity contribution in [2.45, 2.75) is 12.8 Å². The fraction of sp³-hybridized carbons (Fsp3) is 0.357. The number of nitrogens with zero attached hydrogens (tertiary/aromatic N) is 2. The minimum Gasteiger partial charge on any atom is -0.383 e. The molecular formula is C14H17N3O2S. The molecule has 2 aromatic heterocycles. The number of hydrogen-bond donors (Lipinski definition) is 1. The summed E-state index contributed by atoms with van der Waals surface area (Å²) in [6.45, 7) is 1.08. The molecule has 0 saturated carbocycles. The summed E-state index contributed by atoms with van der Waals surface area (Å²) >= 11 is 1.57. The molecule has 0 radical (unpaired) electrons. The van der Waals surface area contributed by atoms with Gasteiger partial charge < -0.3 is 10.1 Å². The first-order valence-corrected chi connectivity index (χ1v) is 7.28. The Labute approximate surface area is 122 Å². The van der Waals surface area contributed by atoms with Crippen molar-refractivity contribution in [3.8, 4) is 10.6 Å². The van der Waals surface area contributed by atoms with Gasteiger partial charge in [0.25, 0.3) is 0 Å². The SMILES string of the molecule is COCCNC(=O)CCc1csc(-c2cccnc2)n1. The first kappa shape index (κ1) is 14.6. The lowest BCUT2D eigenvalue weighted by Gasteiger charge is -2.02. The van der Waals surface area contributed by atoms with E-state index in [1.807, 2.05) is 17.5 Å². The number of carbonyl (C=O) groups is 1. The minimum absolute atomic E-state index is 0.0259. The number of nitrogens with one attached hydrogen (secondary N) is 1. The van der Waals surface area contributed by atoms with Gasteiger partial charge in [0, 0.05) is 43.4 Å². The molecule has 0 unspecified atom stereocenters. The van der Waals surface area contributed by atoms with Gasteiger partial charge in [-0.2, -0.15) is 0 Å². The van der Waals surface area contributed by atoms with Gasteiger partial charge >= 0.3 is 0 Å². The van der Waals surface area contributed by atoms with Crippen LogP contribution in [0.2, 0.25) is 0 Å². The molecule has 0 spiro atoms. The van der Waals surface area contributed by atoms with Gasteiger partial charge in [0.15, 0.2) is 0 Å². The van der Waals surface area contributed by atoms with E-state index in [0.29, 0.717) is 26.0 Å². The largest absolute Gasteiger partial charge is 0.383 e. The third kappa shape index (κ3) is 4.40. The smallest absolute Gasteiger partial charge is 0.220 e. The third-order valence-corrected chi connectivity index (χ3v) is 3.64. The maximum atomic E-state index is 11.6. The monoisotopic (exact) mass is 291 g/mol. The minimum atomic E-state index is 0.0259. The molecule has 0 aromatic carbocycles. The number of hydrogen-bond acceptors (Lipinski definition) is 5. The zero-order chi connectivity index (χ0) is 14.2. The highest BCUT2D eigenvalue weighted by molar-refractivity contribution is 7.13. The number of thiazole rings is 1. The van der Waals surface area contributed by atoms with E-state index in [1.54, 1.807) is 30.8 Å². The first-order chi connectivity index (χ1) is 9.79. The summed E-state index contributed by atoms with van der Waals surface area (Å²) in [7, 11) is 1.61. The zero-order valence-electron chi connectivity index (χ0n) is 11.3. The molecule has 6 heteroatoms. The Morgan fingerprint density at radius 3 is 3.15 bits per heavy atom. The Hall–Kier alpha value is -1.79. The van der Waals surface area contributed by atoms with Crippen LogP contribution in [0, 0.1) is 0 Å². The number of ether oxygens (including phenoxy) is 1. The van der Waals surface area contributed by atoms with Crippen molar-refractivity contribution in [1.29, 1.82) is 0 Å². The van der Waals surface area contributed by atoms with Crippen LogP contribution < -0.4 is 5.32 Å². The van der Waals surface area contributed by atoms with E-state index in [9.17, 15) is 4.79 Å². The van der Waals surface area contributed by atoms with Crippen LogP contribution >= 0.6 is 11.3 Å². The summed E-state index contributed by atoms with van der Waals surface area (Å²) in [6, 6.07) is 3.87. The average molecular weight is 291 g/mol. The van der Waals surface area contributed by atoms with Crippen molar-refractivity contribution in [3.63, 3.8) is 0 Å². The molecule has 0 bridgehead atoms. The van der Waals surface area contributed by atoms with Crippen LogP contribution in [0.3, 0.4) is 0 Å². The number of pyridine rings is 1. The Kier molecular flexibility index (Phi) is 5.64. The predicted octanol–water partition coefficient (Wildman–Crippen LogP) is 1.90. The van der Waals surface area contributed by atoms with Crippen molar-refractivity contribution in [3.05, 3.63) is 35.6 Å². The number of methoxy groups -OCH3 is 1. The molecule has 2 heterocycles. The second-order valence-corrected chi connectivity index (χ2v) is 5.09. The molecule has 2 aromatic rings. The van der Waals surface area contributed by atoms with Crippen molar-refractivity contribution < 1.29 is 9.53 Å². The lowest BCUT2D eigenvalue weighted by molar-refractivity contribution is -0.121. The normalized spacial score (nSPS) is 10.4. The van der Waals surface area contributed by atoms with E-state index >= 15 is 0 Å². The van der Waals surface area contributed by atoms with Gasteiger partial charge in [0.2, 0.25) is 5.91 Å². The molecule has 0 fully saturated rings. The van der Waals surface area contributed by atoms with Crippen molar-refractivity contribution in [2.24, 2.45) is 0 Å². The maximum Gasteiger partial charge on any atom is 0.220 e. The van der Waals surface area contributed by atoms with Crippen molar-refractivity contribution in [2.75, 3.05) is 20.3 Å². The fourth-order valence-electron chi connectivity index (χ4n) is 1.67. The van der Waals surface area contributed by atoms with Crippen LogP contribution in [0.25, 0.3) is 10.6 Å². The molecule has 0 saturated heterocycles. The molecule has 20 heavy (non-hydrogen) atoms. The Balaban J connectivity index is 1.83. The Morgan fingerprint density at radius 2 is 2.40 bits per heavy atom. The predicted molar refractivity (Wildman–Crippen MR) is 78.6 cm³/mol. The first-order valence-electron chi connectivity index (χ1n) is 6.40. The van der Waals surface area contributed by atoms with E-state index in [0.717, 1.165) is 16.3 Å². The highest BCUT2D eigenvalue weighted by Gasteiger charge is 2.07. The van der Waals surface area contributed by atoms with Gasteiger partial charge in [-0.05, 0) is 18.6 Å². The standard InChI is InChI=1S/C14H17N3O2S/c1-19-8-7-16-13(18)5-4-12-10-20-14(17-12)11-3-2-6-15-9-11/h2-3,6,9-10H,4-5,7-8H2,1H3,(H,16,18). The van der Waals surface area contributed by atoms with Gasteiger partial charge in [0.1, 0.15) is 5.01 Å². The zero-order valence-corrected chi connectivity index (χ0v) is 12.2. The van der Waals surface area contributed by atoms with Crippen LogP contribution in [-0.4, -0.2) is 36.1 Å². The van der Waals surface area contributed by atoms with Crippen LogP contribution in [0.1, 0.15) is 12.1 Å². The van der Waals surface area contributed by atoms with Gasteiger partial charge in [-0.25, -0.2) is 4.98 Å². The van der Waals surface area contributed by atoms with E-state index in [2.05, 4.69) is 15.3 Å². The quantitative estimate of drug-likeness (QED) is 0.791. The highest BCUT2D eigenvalue weighted by atomic mass is 32.1. The molecule has 5 nitrogen and oxygen atoms in total. The van der Waals surface area contributed by atoms with Crippen molar-refractivity contribution >= 4 is 17.2 Å². The summed E-state index contributed by atoms with van der Waals surface area (Å²) in [5, 5.41) is 5.72. The second-order valence-electron chi connectivity index (χ2n) is 4.23. The molecule has 0 aliphatic rings. The maximum absolute atomic E-state index is 11.6. The van der Waals surface area contributed by atoms with Gasteiger partial charge in [-0.3, -0.25) is 9.78 Å². The summed E-state index contributed by atoms with van der Waals surface area (Å²) in [5.74, 6) is 0.0259. The number of carbonyl (C=O) groups excluding carboxylic acids is 1. The molecule has 2 rings (SSSR count). The van der Waals surface area contributed by atoms with Gasteiger partial charge in [0.05, 0.1) is 12.3 Å². The van der Waals surface area contributed by atoms with Gasteiger partial charge in [-0.1, -0.05) is 0 Å². The molecular weight excluding hydrogens is 274 g/mol. The van der Waals surface area contributed by atoms with Crippen molar-refractivity contribution in [1.82, 2.24) is 15.3 Å². The summed E-state index contributed by atoms with van der Waals surface area (Å²) in [4.78, 5) is 20.2. The van der Waals surface area contributed by atoms with Gasteiger partial charge in [-0.15, -0.1) is 11.3 Å². The van der Waals surface area contributed by atoms with Crippen LogP contribution in [0.15, 0.2) is 29.9 Å². The molecule has 1 amide bonds. The molecule has 0 atom stereocenters. The van der Waals surface area contributed by atoms with E-state index < -0.39 is 0 Å². The lowest BCUT2D eigenvalue weighted by Crippen LogP contribution is -2.27. The van der Waals surface area contributed by atoms with Crippen LogP contribution in [0.4, 0.5) is 0 Å². The summed E-state index contributed by atoms with van der Waals surface area (Å²) in [6.07, 6.45) is 4.62. The number of aryl methyl sites for hydroxylation is 1. The van der Waals surface area contributed by atoms with Crippen LogP contribution in [0.5, 0.6) is 0 Å². The average Bonchev–Trinajstić information content (AvgIpc) is 2.95. The molecule has 106 valence electrons. The highest BCUT2D eigenvalue weighted by Crippen LogP contribution is 2.23. The number of aromatic nitrogens is 2. The summed E-state index contributed by atoms with van der Waals surface area (Å²) < 4.78 is 4.88. The molecule has 1 N–H and O–H groups in total. The molecule has 0 aliphatic carbocycles. The second kappa shape index (κ2) is 7.72. The van der Waals surface area contributed by atoms with E-state index in [-0.39, 0.29) is 5.91 Å². The Bertz CT molecular complexity index is 542. The van der Waals surface area contributed by atoms with Crippen LogP contribution in [-0.2, 0) is 16.0 Å². The number of amides is 1. The topological polar surface area (TPSA) is 64.1 Å². The number of rotatable bonds is 7. The lowest BCUT2D eigenvalue weighted by atomic mass is 10.2. The summed E-state index contributed by atoms with van der Waals surface area (Å²) in [5.41, 5.74) is 1.95. The van der Waals surface area contributed by atoms with E-state index in [4.69, 9.17) is 4.74 Å². The van der Waals surface area contributed by atoms with E-state index in [1.165, 1.54) is 0 Å². The third-order valence-electron chi connectivity index (χ3n) is 2.70. The Morgan fingerprint density at radius 1 is 1.50 bits per heavy atom. The molecule has 0 aliphatic heterocycles. The fourth-order valence-corrected chi connectivity index (χ4v) is 2.51.